The molecule has 1 atom stereocenters. The van der Waals surface area contributed by atoms with Gasteiger partial charge in [0.1, 0.15) is 29.9 Å². The van der Waals surface area contributed by atoms with Crippen LogP contribution in [0.15, 0.2) is 47.6 Å². The third kappa shape index (κ3) is 5.81. The number of nitrogens with zero attached hydrogens (tertiary/aromatic N) is 4. The van der Waals surface area contributed by atoms with Crippen molar-refractivity contribution >= 4 is 17.3 Å². The molecule has 0 fully saturated rings. The molecule has 184 valence electrons. The van der Waals surface area contributed by atoms with Crippen LogP contribution < -0.4 is 14.9 Å². The predicted molar refractivity (Wildman–Crippen MR) is 127 cm³/mol. The van der Waals surface area contributed by atoms with Gasteiger partial charge in [0.15, 0.2) is 11.5 Å². The number of nitro groups is 1. The van der Waals surface area contributed by atoms with Crippen molar-refractivity contribution in [3.05, 3.63) is 80.9 Å². The fourth-order valence-electron chi connectivity index (χ4n) is 3.46. The highest BCUT2D eigenvalue weighted by Gasteiger charge is 2.27. The van der Waals surface area contributed by atoms with Gasteiger partial charge in [-0.25, -0.2) is 9.82 Å². The van der Waals surface area contributed by atoms with E-state index in [1.165, 1.54) is 30.8 Å². The van der Waals surface area contributed by atoms with Crippen LogP contribution >= 0.6 is 0 Å². The molecule has 2 aromatic carbocycles. The van der Waals surface area contributed by atoms with Gasteiger partial charge in [-0.05, 0) is 63.6 Å². The molecular weight excluding hydrogens is 457 g/mol. The molecule has 1 heterocycles. The zero-order valence-electron chi connectivity index (χ0n) is 20.0. The van der Waals surface area contributed by atoms with E-state index < -0.39 is 16.9 Å². The van der Waals surface area contributed by atoms with Crippen molar-refractivity contribution in [3.63, 3.8) is 0 Å². The number of halogens is 1. The van der Waals surface area contributed by atoms with Crippen molar-refractivity contribution in [2.75, 3.05) is 7.11 Å². The van der Waals surface area contributed by atoms with E-state index >= 15 is 0 Å². The lowest BCUT2D eigenvalue weighted by Crippen LogP contribution is -2.29. The van der Waals surface area contributed by atoms with Crippen molar-refractivity contribution < 1.29 is 23.6 Å². The topological polar surface area (TPSA) is 121 Å². The van der Waals surface area contributed by atoms with Crippen LogP contribution in [0.2, 0.25) is 0 Å². The van der Waals surface area contributed by atoms with Crippen molar-refractivity contribution in [2.45, 2.75) is 40.3 Å². The largest absolute Gasteiger partial charge is 0.493 e. The minimum absolute atomic E-state index is 0.113. The average molecular weight is 484 g/mol. The van der Waals surface area contributed by atoms with Gasteiger partial charge in [-0.3, -0.25) is 19.6 Å². The number of carbonyl (C=O) groups excluding carboxylic acids is 1. The Bertz CT molecular complexity index is 1270. The number of nitrogens with one attached hydrogen (secondary N) is 1. The highest BCUT2D eigenvalue weighted by atomic mass is 19.1. The molecule has 0 aliphatic heterocycles. The predicted octanol–water partition coefficient (Wildman–Crippen LogP) is 4.24. The van der Waals surface area contributed by atoms with E-state index in [2.05, 4.69) is 15.6 Å². The Morgan fingerprint density at radius 3 is 2.51 bits per heavy atom. The van der Waals surface area contributed by atoms with Gasteiger partial charge in [0, 0.05) is 5.56 Å². The van der Waals surface area contributed by atoms with Crippen LogP contribution in [0, 0.1) is 29.8 Å². The van der Waals surface area contributed by atoms with E-state index in [-0.39, 0.29) is 29.5 Å². The summed E-state index contributed by atoms with van der Waals surface area (Å²) < 4.78 is 25.6. The van der Waals surface area contributed by atoms with Gasteiger partial charge < -0.3 is 9.47 Å². The van der Waals surface area contributed by atoms with Crippen LogP contribution in [0.3, 0.4) is 0 Å². The number of hydrogen-bond acceptors (Lipinski definition) is 7. The van der Waals surface area contributed by atoms with Crippen LogP contribution in [0.4, 0.5) is 10.1 Å². The molecule has 3 rings (SSSR count). The highest BCUT2D eigenvalue weighted by Crippen LogP contribution is 2.29. The van der Waals surface area contributed by atoms with Crippen LogP contribution in [0.25, 0.3) is 0 Å². The number of amides is 1. The number of ether oxygens (including phenoxy) is 2. The summed E-state index contributed by atoms with van der Waals surface area (Å²) in [7, 11) is 1.51. The second-order valence-electron chi connectivity index (χ2n) is 7.85. The number of aromatic nitrogens is 2. The molecule has 0 saturated heterocycles. The molecule has 0 saturated carbocycles. The molecule has 1 amide bonds. The summed E-state index contributed by atoms with van der Waals surface area (Å²) in [6.45, 7) is 6.60. The first-order valence-electron chi connectivity index (χ1n) is 10.7. The van der Waals surface area contributed by atoms with Crippen molar-refractivity contribution in [2.24, 2.45) is 5.10 Å². The number of aryl methyl sites for hydroxylation is 1. The Kier molecular flexibility index (Phi) is 7.80. The van der Waals surface area contributed by atoms with E-state index in [1.807, 2.05) is 0 Å². The van der Waals surface area contributed by atoms with Gasteiger partial charge in [-0.2, -0.15) is 10.2 Å². The Balaban J connectivity index is 1.69. The molecule has 0 spiro atoms. The lowest BCUT2D eigenvalue weighted by molar-refractivity contribution is -0.386. The maximum Gasteiger partial charge on any atom is 0.312 e. The quantitative estimate of drug-likeness (QED) is 0.276. The van der Waals surface area contributed by atoms with Gasteiger partial charge in [0.2, 0.25) is 0 Å². The van der Waals surface area contributed by atoms with E-state index in [9.17, 15) is 19.3 Å². The minimum Gasteiger partial charge on any atom is -0.493 e. The molecule has 0 aliphatic carbocycles. The third-order valence-electron chi connectivity index (χ3n) is 5.44. The zero-order valence-corrected chi connectivity index (χ0v) is 20.0. The van der Waals surface area contributed by atoms with E-state index in [1.54, 1.807) is 51.1 Å². The van der Waals surface area contributed by atoms with Crippen molar-refractivity contribution in [3.8, 4) is 11.5 Å². The molecule has 0 aliphatic rings. The summed E-state index contributed by atoms with van der Waals surface area (Å²) in [5.41, 5.74) is 4.89. The summed E-state index contributed by atoms with van der Waals surface area (Å²) >= 11 is 0. The lowest BCUT2D eigenvalue weighted by atomic mass is 10.1. The molecule has 10 nitrogen and oxygen atoms in total. The van der Waals surface area contributed by atoms with Gasteiger partial charge >= 0.3 is 5.69 Å². The van der Waals surface area contributed by atoms with E-state index in [0.29, 0.717) is 22.8 Å². The van der Waals surface area contributed by atoms with Crippen molar-refractivity contribution in [1.29, 1.82) is 0 Å². The van der Waals surface area contributed by atoms with Gasteiger partial charge in [0.25, 0.3) is 5.91 Å². The Labute approximate surface area is 201 Å². The molecule has 1 unspecified atom stereocenters. The van der Waals surface area contributed by atoms with E-state index in [4.69, 9.17) is 9.47 Å². The summed E-state index contributed by atoms with van der Waals surface area (Å²) in [5, 5.41) is 19.5. The molecule has 1 N–H and O–H groups in total. The summed E-state index contributed by atoms with van der Waals surface area (Å²) in [6.07, 6.45) is 0. The van der Waals surface area contributed by atoms with Crippen LogP contribution in [-0.2, 0) is 11.4 Å². The first kappa shape index (κ1) is 25.3. The SMILES string of the molecule is COc1cc(/C(C)=N/NC(=O)C(C)n2nc(C)c([N+](=O)[O-])c2C)ccc1OCc1ccc(F)cc1. The molecule has 0 radical (unpaired) electrons. The first-order valence-corrected chi connectivity index (χ1v) is 10.7. The molecule has 11 heteroatoms. The number of benzene rings is 2. The number of methoxy groups -OCH3 is 1. The van der Waals surface area contributed by atoms with Crippen molar-refractivity contribution in [1.82, 2.24) is 15.2 Å². The highest BCUT2D eigenvalue weighted by molar-refractivity contribution is 5.99. The van der Waals surface area contributed by atoms with Gasteiger partial charge in [-0.1, -0.05) is 12.1 Å². The summed E-state index contributed by atoms with van der Waals surface area (Å²) in [4.78, 5) is 23.3. The number of carbonyl (C=O) groups is 1. The zero-order chi connectivity index (χ0) is 25.7. The second-order valence-corrected chi connectivity index (χ2v) is 7.85. The summed E-state index contributed by atoms with van der Waals surface area (Å²) in [6, 6.07) is 10.4. The maximum absolute atomic E-state index is 13.1. The molecule has 1 aromatic heterocycles. The monoisotopic (exact) mass is 483 g/mol. The Morgan fingerprint density at radius 2 is 1.91 bits per heavy atom. The van der Waals surface area contributed by atoms with Crippen LogP contribution in [0.5, 0.6) is 11.5 Å². The molecule has 3 aromatic rings. The Morgan fingerprint density at radius 1 is 1.23 bits per heavy atom. The van der Waals surface area contributed by atoms with Gasteiger partial charge in [0.05, 0.1) is 17.7 Å². The fraction of sp³-hybridized carbons (Fsp3) is 0.292. The number of hydrazone groups is 1. The van der Waals surface area contributed by atoms with Gasteiger partial charge in [-0.15, -0.1) is 0 Å². The second kappa shape index (κ2) is 10.8. The minimum atomic E-state index is -0.810. The molecule has 35 heavy (non-hydrogen) atoms. The third-order valence-corrected chi connectivity index (χ3v) is 5.44. The molecular formula is C24H26FN5O5. The molecule has 0 bridgehead atoms. The first-order chi connectivity index (χ1) is 16.6. The standard InChI is InChI=1S/C24H26FN5O5/c1-14(26-27-24(31)17(4)29-16(3)23(30(32)33)15(2)28-29)19-8-11-21(22(12-19)34-5)35-13-18-6-9-20(25)10-7-18/h6-12,17H,13H2,1-5H3,(H,27,31)/b26-14+. The lowest BCUT2D eigenvalue weighted by Gasteiger charge is -2.13. The number of rotatable bonds is 9. The fourth-order valence-corrected chi connectivity index (χ4v) is 3.46. The average Bonchev–Trinajstić information content (AvgIpc) is 3.15. The van der Waals surface area contributed by atoms with Crippen LogP contribution in [-0.4, -0.2) is 33.4 Å². The normalized spacial score (nSPS) is 12.2. The van der Waals surface area contributed by atoms with Crippen LogP contribution in [0.1, 0.15) is 42.4 Å². The Hall–Kier alpha value is -4.28. The van der Waals surface area contributed by atoms with E-state index in [0.717, 1.165) is 5.56 Å². The summed E-state index contributed by atoms with van der Waals surface area (Å²) in [5.74, 6) is 0.171. The number of hydrogen-bond donors (Lipinski definition) is 1. The smallest absolute Gasteiger partial charge is 0.312 e. The maximum atomic E-state index is 13.1.